The molecule has 0 amide bonds. The molecule has 1 aliphatic heterocycles. The third kappa shape index (κ3) is 2.38. The van der Waals surface area contributed by atoms with Crippen molar-refractivity contribution in [2.75, 3.05) is 12.4 Å². The molecule has 0 atom stereocenters. The summed E-state index contributed by atoms with van der Waals surface area (Å²) in [6.45, 7) is 8.08. The molecule has 8 heteroatoms. The van der Waals surface area contributed by atoms with Gasteiger partial charge in [0, 0.05) is 31.1 Å². The summed E-state index contributed by atoms with van der Waals surface area (Å²) in [5, 5.41) is 3.08. The van der Waals surface area contributed by atoms with E-state index >= 15 is 0 Å². The average Bonchev–Trinajstić information content (AvgIpc) is 3.05. The van der Waals surface area contributed by atoms with Crippen molar-refractivity contribution in [1.82, 2.24) is 19.5 Å². The van der Waals surface area contributed by atoms with Gasteiger partial charge in [0.2, 0.25) is 5.95 Å². The van der Waals surface area contributed by atoms with Crippen LogP contribution >= 0.6 is 0 Å². The quantitative estimate of drug-likeness (QED) is 0.853. The molecule has 1 aliphatic rings. The second-order valence-corrected chi connectivity index (χ2v) is 6.28. The molecule has 7 nitrogen and oxygen atoms in total. The second-order valence-electron chi connectivity index (χ2n) is 6.28. The van der Waals surface area contributed by atoms with Crippen LogP contribution in [0.25, 0.3) is 5.95 Å². The molecule has 22 heavy (non-hydrogen) atoms. The molecule has 2 aromatic rings. The fraction of sp³-hybridized carbons (Fsp3) is 0.500. The lowest BCUT2D eigenvalue weighted by Crippen LogP contribution is -2.41. The molecule has 1 fully saturated rings. The van der Waals surface area contributed by atoms with Gasteiger partial charge >= 0.3 is 7.12 Å². The summed E-state index contributed by atoms with van der Waals surface area (Å²) in [5.41, 5.74) is -0.0118. The molecule has 0 saturated carbocycles. The third-order valence-corrected chi connectivity index (χ3v) is 4.28. The van der Waals surface area contributed by atoms with E-state index in [0.29, 0.717) is 11.8 Å². The Balaban J connectivity index is 1.95. The predicted octanol–water partition coefficient (Wildman–Crippen LogP) is 1.00. The number of hydrogen-bond acceptors (Lipinski definition) is 6. The Hall–Kier alpha value is -1.93. The largest absolute Gasteiger partial charge is 0.500 e. The molecule has 2 aromatic heterocycles. The van der Waals surface area contributed by atoms with Crippen molar-refractivity contribution in [3.8, 4) is 5.95 Å². The molecule has 0 aliphatic carbocycles. The maximum absolute atomic E-state index is 6.06. The molecule has 0 aromatic carbocycles. The summed E-state index contributed by atoms with van der Waals surface area (Å²) >= 11 is 0. The van der Waals surface area contributed by atoms with Crippen LogP contribution in [0.15, 0.2) is 24.9 Å². The van der Waals surface area contributed by atoms with Gasteiger partial charge < -0.3 is 14.6 Å². The fourth-order valence-electron chi connectivity index (χ4n) is 2.23. The van der Waals surface area contributed by atoms with Crippen molar-refractivity contribution in [2.24, 2.45) is 0 Å². The highest BCUT2D eigenvalue weighted by Gasteiger charge is 2.52. The molecule has 1 saturated heterocycles. The van der Waals surface area contributed by atoms with Crippen LogP contribution in [0, 0.1) is 0 Å². The Morgan fingerprint density at radius 2 is 1.86 bits per heavy atom. The summed E-state index contributed by atoms with van der Waals surface area (Å²) in [4.78, 5) is 12.9. The van der Waals surface area contributed by atoms with Crippen molar-refractivity contribution >= 4 is 18.4 Å². The molecule has 116 valence electrons. The zero-order valence-electron chi connectivity index (χ0n) is 13.5. The second kappa shape index (κ2) is 5.07. The van der Waals surface area contributed by atoms with Crippen molar-refractivity contribution in [3.05, 3.63) is 24.9 Å². The van der Waals surface area contributed by atoms with E-state index in [1.165, 1.54) is 0 Å². The summed E-state index contributed by atoms with van der Waals surface area (Å²) < 4.78 is 13.9. The molecule has 0 radical (unpaired) electrons. The minimum absolute atomic E-state index is 0.397. The Kier molecular flexibility index (Phi) is 3.45. The van der Waals surface area contributed by atoms with E-state index in [-0.39, 0.29) is 0 Å². The highest BCUT2D eigenvalue weighted by atomic mass is 16.7. The van der Waals surface area contributed by atoms with E-state index in [1.807, 2.05) is 34.7 Å². The van der Waals surface area contributed by atoms with E-state index in [2.05, 4.69) is 20.3 Å². The van der Waals surface area contributed by atoms with Gasteiger partial charge in [0.25, 0.3) is 0 Å². The maximum atomic E-state index is 6.06. The minimum Gasteiger partial charge on any atom is -0.399 e. The van der Waals surface area contributed by atoms with Gasteiger partial charge in [-0.15, -0.1) is 0 Å². The molecule has 0 spiro atoms. The number of nitrogens with zero attached hydrogens (tertiary/aromatic N) is 4. The molecule has 0 unspecified atom stereocenters. The molecule has 1 N–H and O–H groups in total. The van der Waals surface area contributed by atoms with Crippen LogP contribution < -0.4 is 10.8 Å². The van der Waals surface area contributed by atoms with Crippen LogP contribution in [0.5, 0.6) is 0 Å². The van der Waals surface area contributed by atoms with Gasteiger partial charge in [-0.05, 0) is 27.7 Å². The van der Waals surface area contributed by atoms with Crippen LogP contribution in [0.1, 0.15) is 27.7 Å². The maximum Gasteiger partial charge on any atom is 0.500 e. The van der Waals surface area contributed by atoms with E-state index in [4.69, 9.17) is 9.31 Å². The van der Waals surface area contributed by atoms with Gasteiger partial charge in [0.05, 0.1) is 11.2 Å². The first kappa shape index (κ1) is 15.0. The topological polar surface area (TPSA) is 74.1 Å². The van der Waals surface area contributed by atoms with Crippen LogP contribution in [0.4, 0.5) is 5.82 Å². The first-order valence-electron chi connectivity index (χ1n) is 7.23. The fourth-order valence-corrected chi connectivity index (χ4v) is 2.23. The summed E-state index contributed by atoms with van der Waals surface area (Å²) in [6, 6.07) is 0. The lowest BCUT2D eigenvalue weighted by molar-refractivity contribution is 0.00578. The molecular formula is C14H20BN5O2. The Morgan fingerprint density at radius 1 is 1.18 bits per heavy atom. The number of hydrogen-bond donors (Lipinski definition) is 1. The third-order valence-electron chi connectivity index (χ3n) is 4.28. The Labute approximate surface area is 130 Å². The number of nitrogens with one attached hydrogen (secondary N) is 1. The smallest absolute Gasteiger partial charge is 0.399 e. The van der Waals surface area contributed by atoms with Gasteiger partial charge in [0.15, 0.2) is 0 Å². The molecular weight excluding hydrogens is 281 g/mol. The number of aromatic nitrogens is 4. The number of anilines is 1. The zero-order valence-corrected chi connectivity index (χ0v) is 13.5. The summed E-state index contributed by atoms with van der Waals surface area (Å²) in [7, 11) is 1.32. The number of rotatable bonds is 3. The van der Waals surface area contributed by atoms with E-state index in [9.17, 15) is 0 Å². The predicted molar refractivity (Wildman–Crippen MR) is 84.4 cm³/mol. The van der Waals surface area contributed by atoms with Crippen molar-refractivity contribution < 1.29 is 9.31 Å². The normalized spacial score (nSPS) is 19.4. The Bertz CT molecular complexity index is 656. The van der Waals surface area contributed by atoms with Crippen molar-refractivity contribution in [2.45, 2.75) is 38.9 Å². The van der Waals surface area contributed by atoms with E-state index in [0.717, 1.165) is 5.46 Å². The monoisotopic (exact) mass is 301 g/mol. The first-order valence-corrected chi connectivity index (χ1v) is 7.23. The van der Waals surface area contributed by atoms with Gasteiger partial charge in [0.1, 0.15) is 12.1 Å². The summed E-state index contributed by atoms with van der Waals surface area (Å²) in [5.74, 6) is 1.22. The highest BCUT2D eigenvalue weighted by molar-refractivity contribution is 6.63. The van der Waals surface area contributed by atoms with Crippen LogP contribution in [-0.4, -0.2) is 44.9 Å². The van der Waals surface area contributed by atoms with Crippen LogP contribution in [0.2, 0.25) is 0 Å². The van der Waals surface area contributed by atoms with Crippen molar-refractivity contribution in [3.63, 3.8) is 0 Å². The molecule has 3 rings (SSSR count). The van der Waals surface area contributed by atoms with Crippen LogP contribution in [-0.2, 0) is 9.31 Å². The zero-order chi connectivity index (χ0) is 16.0. The average molecular weight is 301 g/mol. The van der Waals surface area contributed by atoms with Gasteiger partial charge in [-0.25, -0.2) is 9.97 Å². The van der Waals surface area contributed by atoms with Gasteiger partial charge in [-0.2, -0.15) is 4.98 Å². The van der Waals surface area contributed by atoms with Crippen molar-refractivity contribution in [1.29, 1.82) is 0 Å². The lowest BCUT2D eigenvalue weighted by Gasteiger charge is -2.32. The van der Waals surface area contributed by atoms with Gasteiger partial charge in [-0.1, -0.05) is 0 Å². The van der Waals surface area contributed by atoms with Gasteiger partial charge in [-0.3, -0.25) is 4.57 Å². The van der Waals surface area contributed by atoms with E-state index < -0.39 is 18.3 Å². The molecule has 0 bridgehead atoms. The molecule has 3 heterocycles. The van der Waals surface area contributed by atoms with E-state index in [1.54, 1.807) is 29.5 Å². The number of imidazole rings is 1. The standard InChI is InChI=1S/C14H20BN5O2/c1-13(2)14(3,4)22-15(21-13)10-8-18-12(19-11(10)16-5)20-7-6-17-9-20/h6-9H,1-5H3,(H,16,18,19). The SMILES string of the molecule is CNc1nc(-n2ccnc2)ncc1B1OC(C)(C)C(C)(C)O1. The lowest BCUT2D eigenvalue weighted by atomic mass is 9.80. The highest BCUT2D eigenvalue weighted by Crippen LogP contribution is 2.36. The Morgan fingerprint density at radius 3 is 2.41 bits per heavy atom. The van der Waals surface area contributed by atoms with Crippen LogP contribution in [0.3, 0.4) is 0 Å². The first-order chi connectivity index (χ1) is 10.3. The minimum atomic E-state index is -0.496. The summed E-state index contributed by atoms with van der Waals surface area (Å²) in [6.07, 6.45) is 6.87.